The third-order valence-electron chi connectivity index (χ3n) is 5.48. The van der Waals surface area contributed by atoms with Crippen LogP contribution < -0.4 is 10.6 Å². The van der Waals surface area contributed by atoms with Crippen molar-refractivity contribution in [1.29, 1.82) is 0 Å². The van der Waals surface area contributed by atoms with Crippen LogP contribution in [0.25, 0.3) is 0 Å². The summed E-state index contributed by atoms with van der Waals surface area (Å²) in [5, 5.41) is 0.694. The second-order valence-electron chi connectivity index (χ2n) is 7.35. The summed E-state index contributed by atoms with van der Waals surface area (Å²) in [5.74, 6) is 0.580. The first kappa shape index (κ1) is 18.0. The van der Waals surface area contributed by atoms with E-state index < -0.39 is 0 Å². The highest BCUT2D eigenvalue weighted by Crippen LogP contribution is 2.46. The van der Waals surface area contributed by atoms with E-state index in [2.05, 4.69) is 34.1 Å². The third-order valence-corrected chi connectivity index (χ3v) is 6.03. The van der Waals surface area contributed by atoms with Gasteiger partial charge in [0.1, 0.15) is 5.82 Å². The molecular formula is C21H24N4OS. The lowest BCUT2D eigenvalue weighted by molar-refractivity contribution is -0.116. The zero-order valence-electron chi connectivity index (χ0n) is 16.0. The van der Waals surface area contributed by atoms with Crippen molar-refractivity contribution in [3.63, 3.8) is 0 Å². The minimum Gasteiger partial charge on any atom is -0.383 e. The number of allylic oxidation sites excluding steroid dienone is 2. The van der Waals surface area contributed by atoms with Gasteiger partial charge in [0.2, 0.25) is 0 Å². The van der Waals surface area contributed by atoms with Gasteiger partial charge in [-0.3, -0.25) is 4.79 Å². The Morgan fingerprint density at radius 3 is 2.56 bits per heavy atom. The lowest BCUT2D eigenvalue weighted by Gasteiger charge is -2.33. The normalized spacial score (nSPS) is 18.9. The largest absolute Gasteiger partial charge is 0.383 e. The molecule has 5 nitrogen and oxygen atoms in total. The standard InChI is InChI=1S/C21H24N4OS/c1-25(2)14-9-7-12(8-10-14)18-17-13(5-4-6-16(17)26)11-15-19(18)20(22)24-21(23-15)27-3/h7-10,18H,4-6,11H2,1-3H3,(H2,22,23,24). The molecule has 2 aromatic rings. The predicted molar refractivity (Wildman–Crippen MR) is 110 cm³/mol. The molecule has 0 radical (unpaired) electrons. The van der Waals surface area contributed by atoms with E-state index in [4.69, 9.17) is 10.7 Å². The third kappa shape index (κ3) is 3.12. The molecule has 2 N–H and O–H groups in total. The van der Waals surface area contributed by atoms with Crippen LogP contribution in [0.5, 0.6) is 0 Å². The Labute approximate surface area is 164 Å². The number of benzene rings is 1. The van der Waals surface area contributed by atoms with Crippen LogP contribution in [0.1, 0.15) is 42.0 Å². The number of ketones is 1. The van der Waals surface area contributed by atoms with E-state index in [-0.39, 0.29) is 11.7 Å². The Morgan fingerprint density at radius 2 is 1.89 bits per heavy atom. The van der Waals surface area contributed by atoms with Crippen LogP contribution in [-0.4, -0.2) is 36.1 Å². The Hall–Kier alpha value is -2.34. The number of thioether (sulfide) groups is 1. The first-order chi connectivity index (χ1) is 13.0. The molecule has 1 heterocycles. The maximum absolute atomic E-state index is 12.9. The number of hydrogen-bond donors (Lipinski definition) is 1. The topological polar surface area (TPSA) is 72.1 Å². The molecule has 2 aliphatic carbocycles. The summed E-state index contributed by atoms with van der Waals surface area (Å²) in [6.07, 6.45) is 5.17. The molecule has 140 valence electrons. The van der Waals surface area contributed by atoms with E-state index in [1.165, 1.54) is 17.3 Å². The molecule has 0 bridgehead atoms. The van der Waals surface area contributed by atoms with E-state index in [0.29, 0.717) is 23.8 Å². The van der Waals surface area contributed by atoms with Crippen LogP contribution in [0.15, 0.2) is 40.6 Å². The average molecular weight is 381 g/mol. The molecule has 2 aliphatic rings. The van der Waals surface area contributed by atoms with Crippen molar-refractivity contribution in [3.8, 4) is 0 Å². The molecule has 1 aromatic heterocycles. The number of nitrogens with zero attached hydrogens (tertiary/aromatic N) is 3. The van der Waals surface area contributed by atoms with Gasteiger partial charge in [-0.05, 0) is 36.8 Å². The predicted octanol–water partition coefficient (Wildman–Crippen LogP) is 3.58. The Kier molecular flexibility index (Phi) is 4.68. The van der Waals surface area contributed by atoms with Gasteiger partial charge in [0, 0.05) is 49.7 Å². The molecule has 4 rings (SSSR count). The number of fused-ring (bicyclic) bond motifs is 1. The molecule has 0 fully saturated rings. The number of nitrogen functional groups attached to an aromatic ring is 1. The quantitative estimate of drug-likeness (QED) is 0.648. The number of anilines is 2. The highest BCUT2D eigenvalue weighted by molar-refractivity contribution is 7.98. The molecule has 6 heteroatoms. The van der Waals surface area contributed by atoms with Crippen LogP contribution in [0.2, 0.25) is 0 Å². The van der Waals surface area contributed by atoms with Crippen molar-refractivity contribution in [3.05, 3.63) is 52.2 Å². The molecule has 0 aliphatic heterocycles. The van der Waals surface area contributed by atoms with Gasteiger partial charge in [-0.1, -0.05) is 29.5 Å². The van der Waals surface area contributed by atoms with Gasteiger partial charge in [-0.2, -0.15) is 0 Å². The average Bonchev–Trinajstić information content (AvgIpc) is 2.66. The van der Waals surface area contributed by atoms with Gasteiger partial charge in [0.25, 0.3) is 0 Å². The van der Waals surface area contributed by atoms with E-state index in [1.54, 1.807) is 0 Å². The van der Waals surface area contributed by atoms with Crippen molar-refractivity contribution in [2.45, 2.75) is 36.8 Å². The highest BCUT2D eigenvalue weighted by Gasteiger charge is 2.37. The monoisotopic (exact) mass is 380 g/mol. The fourth-order valence-electron chi connectivity index (χ4n) is 4.17. The SMILES string of the molecule is CSc1nc(N)c2c(n1)CC1=C(C(=O)CCC1)C2c1ccc(N(C)C)cc1. The zero-order chi connectivity index (χ0) is 19.1. The molecule has 27 heavy (non-hydrogen) atoms. The van der Waals surface area contributed by atoms with Crippen LogP contribution in [0.3, 0.4) is 0 Å². The van der Waals surface area contributed by atoms with Gasteiger partial charge < -0.3 is 10.6 Å². The number of rotatable bonds is 3. The summed E-state index contributed by atoms with van der Waals surface area (Å²) >= 11 is 1.50. The minimum atomic E-state index is -0.163. The lowest BCUT2D eigenvalue weighted by Crippen LogP contribution is -2.27. The Bertz CT molecular complexity index is 934. The van der Waals surface area contributed by atoms with Crippen LogP contribution in [0.4, 0.5) is 11.5 Å². The number of hydrogen-bond acceptors (Lipinski definition) is 6. The summed E-state index contributed by atoms with van der Waals surface area (Å²) in [7, 11) is 4.04. The Morgan fingerprint density at radius 1 is 1.15 bits per heavy atom. The van der Waals surface area contributed by atoms with E-state index in [9.17, 15) is 4.79 Å². The van der Waals surface area contributed by atoms with Crippen molar-refractivity contribution >= 4 is 29.1 Å². The van der Waals surface area contributed by atoms with E-state index in [1.807, 2.05) is 20.4 Å². The smallest absolute Gasteiger partial charge is 0.189 e. The second-order valence-corrected chi connectivity index (χ2v) is 8.12. The van der Waals surface area contributed by atoms with E-state index in [0.717, 1.165) is 40.9 Å². The number of nitrogens with two attached hydrogens (primary N) is 1. The van der Waals surface area contributed by atoms with Crippen LogP contribution in [-0.2, 0) is 11.2 Å². The minimum absolute atomic E-state index is 0.163. The number of carbonyl (C=O) groups excluding carboxylic acids is 1. The van der Waals surface area contributed by atoms with Crippen molar-refractivity contribution in [2.24, 2.45) is 0 Å². The first-order valence-electron chi connectivity index (χ1n) is 9.22. The summed E-state index contributed by atoms with van der Waals surface area (Å²) in [6.45, 7) is 0. The van der Waals surface area contributed by atoms with Crippen LogP contribution in [0, 0.1) is 0 Å². The molecule has 0 spiro atoms. The number of Topliss-reactive ketones (excluding diaryl/α,β-unsaturated/α-hetero) is 1. The molecule has 1 unspecified atom stereocenters. The Balaban J connectivity index is 1.91. The lowest BCUT2D eigenvalue weighted by atomic mass is 9.71. The zero-order valence-corrected chi connectivity index (χ0v) is 16.8. The molecule has 1 atom stereocenters. The maximum Gasteiger partial charge on any atom is 0.189 e. The van der Waals surface area contributed by atoms with Crippen LogP contribution >= 0.6 is 11.8 Å². The highest BCUT2D eigenvalue weighted by atomic mass is 32.2. The summed E-state index contributed by atoms with van der Waals surface area (Å²) in [4.78, 5) is 24.2. The fraction of sp³-hybridized carbons (Fsp3) is 0.381. The van der Waals surface area contributed by atoms with E-state index >= 15 is 0 Å². The molecule has 0 saturated carbocycles. The second kappa shape index (κ2) is 7.00. The molecule has 1 aromatic carbocycles. The fourth-order valence-corrected chi connectivity index (χ4v) is 4.57. The summed E-state index contributed by atoms with van der Waals surface area (Å²) in [5.41, 5.74) is 12.6. The van der Waals surface area contributed by atoms with Crippen molar-refractivity contribution in [2.75, 3.05) is 31.0 Å². The summed E-state index contributed by atoms with van der Waals surface area (Å²) in [6, 6.07) is 8.38. The van der Waals surface area contributed by atoms with Crippen molar-refractivity contribution in [1.82, 2.24) is 9.97 Å². The number of aromatic nitrogens is 2. The maximum atomic E-state index is 12.9. The van der Waals surface area contributed by atoms with Crippen molar-refractivity contribution < 1.29 is 4.79 Å². The first-order valence-corrected chi connectivity index (χ1v) is 10.4. The summed E-state index contributed by atoms with van der Waals surface area (Å²) < 4.78 is 0. The molecular weight excluding hydrogens is 356 g/mol. The van der Waals surface area contributed by atoms with Gasteiger partial charge in [0.05, 0.1) is 5.69 Å². The number of carbonyl (C=O) groups is 1. The van der Waals surface area contributed by atoms with Gasteiger partial charge in [0.15, 0.2) is 10.9 Å². The van der Waals surface area contributed by atoms with Gasteiger partial charge >= 0.3 is 0 Å². The van der Waals surface area contributed by atoms with Gasteiger partial charge in [-0.15, -0.1) is 0 Å². The molecule has 0 saturated heterocycles. The van der Waals surface area contributed by atoms with Gasteiger partial charge in [-0.25, -0.2) is 9.97 Å². The molecule has 0 amide bonds.